The minimum atomic E-state index is -0.609. The molecular weight excluding hydrogens is 538 g/mol. The van der Waals surface area contributed by atoms with E-state index in [4.69, 9.17) is 23.6 Å². The molecule has 0 fully saturated rings. The smallest absolute Gasteiger partial charge is 0.439 e. The topological polar surface area (TPSA) is 142 Å². The number of fused-ring (bicyclic) bond motifs is 1. The highest BCUT2D eigenvalue weighted by Gasteiger charge is 2.16. The van der Waals surface area contributed by atoms with Crippen LogP contribution in [0.1, 0.15) is 12.5 Å². The summed E-state index contributed by atoms with van der Waals surface area (Å²) in [4.78, 5) is 39.6. The number of nitrogens with zero attached hydrogens (tertiary/aromatic N) is 4. The molecule has 11 nitrogen and oxygen atoms in total. The summed E-state index contributed by atoms with van der Waals surface area (Å²) in [6.45, 7) is 3.09. The third-order valence-electron chi connectivity index (χ3n) is 6.49. The Morgan fingerprint density at radius 3 is 2.40 bits per heavy atom. The molecule has 3 aromatic heterocycles. The van der Waals surface area contributed by atoms with Crippen molar-refractivity contribution < 1.29 is 23.6 Å². The Labute approximate surface area is 239 Å². The Balaban J connectivity index is 0.00000113. The zero-order chi connectivity index (χ0) is 29.5. The highest BCUT2D eigenvalue weighted by Crippen LogP contribution is 2.36. The lowest BCUT2D eigenvalue weighted by Crippen LogP contribution is -2.05. The Morgan fingerprint density at radius 2 is 1.69 bits per heavy atom. The van der Waals surface area contributed by atoms with Gasteiger partial charge in [0.1, 0.15) is 0 Å². The van der Waals surface area contributed by atoms with Gasteiger partial charge in [0.25, 0.3) is 6.01 Å². The summed E-state index contributed by atoms with van der Waals surface area (Å²) in [6.07, 6.45) is 1.94. The quantitative estimate of drug-likeness (QED) is 0.271. The van der Waals surface area contributed by atoms with E-state index in [2.05, 4.69) is 48.9 Å². The molecule has 0 aliphatic heterocycles. The number of aromatic nitrogens is 5. The molecule has 0 unspecified atom stereocenters. The zero-order valence-corrected chi connectivity index (χ0v) is 22.7. The van der Waals surface area contributed by atoms with Crippen molar-refractivity contribution in [3.8, 4) is 45.5 Å². The van der Waals surface area contributed by atoms with Crippen molar-refractivity contribution in [2.45, 2.75) is 13.5 Å². The van der Waals surface area contributed by atoms with Gasteiger partial charge < -0.3 is 9.47 Å². The molecule has 3 heterocycles. The van der Waals surface area contributed by atoms with E-state index in [1.165, 1.54) is 0 Å². The first-order chi connectivity index (χ1) is 20.6. The average molecular weight is 564 g/mol. The summed E-state index contributed by atoms with van der Waals surface area (Å²) >= 11 is 0. The maximum absolute atomic E-state index is 11.7. The van der Waals surface area contributed by atoms with Gasteiger partial charge in [-0.1, -0.05) is 47.6 Å². The Hall–Kier alpha value is -5.80. The Bertz CT molecular complexity index is 1920. The summed E-state index contributed by atoms with van der Waals surface area (Å²) in [7, 11) is 1.60. The van der Waals surface area contributed by atoms with E-state index in [1.807, 2.05) is 61.5 Å². The van der Waals surface area contributed by atoms with E-state index >= 15 is 0 Å². The second kappa shape index (κ2) is 12.6. The van der Waals surface area contributed by atoms with Crippen LogP contribution in [0.5, 0.6) is 11.9 Å². The second-order valence-electron chi connectivity index (χ2n) is 8.95. The van der Waals surface area contributed by atoms with Gasteiger partial charge in [0.15, 0.2) is 5.82 Å². The number of carbonyl (C=O) groups excluding carboxylic acids is 2. The second-order valence-corrected chi connectivity index (χ2v) is 8.95. The normalized spacial score (nSPS) is 10.5. The van der Waals surface area contributed by atoms with Crippen molar-refractivity contribution >= 4 is 17.2 Å². The number of benzene rings is 3. The van der Waals surface area contributed by atoms with Crippen LogP contribution in [0, 0.1) is 0 Å². The first-order valence-corrected chi connectivity index (χ1v) is 12.9. The van der Waals surface area contributed by atoms with E-state index < -0.39 is 5.76 Å². The summed E-state index contributed by atoms with van der Waals surface area (Å²) in [5, 5.41) is 3.93. The van der Waals surface area contributed by atoms with Crippen molar-refractivity contribution in [2.24, 2.45) is 0 Å². The minimum Gasteiger partial charge on any atom is -0.481 e. The fourth-order valence-electron chi connectivity index (χ4n) is 4.69. The third kappa shape index (κ3) is 5.72. The van der Waals surface area contributed by atoms with E-state index in [0.717, 1.165) is 44.4 Å². The van der Waals surface area contributed by atoms with Gasteiger partial charge in [-0.3, -0.25) is 14.1 Å². The molecule has 0 spiro atoms. The molecule has 6 rings (SSSR count). The summed E-state index contributed by atoms with van der Waals surface area (Å²) in [5.74, 6) is 0.274. The maximum Gasteiger partial charge on any atom is 0.439 e. The molecule has 0 amide bonds. The predicted octanol–water partition coefficient (Wildman–Crippen LogP) is 4.98. The van der Waals surface area contributed by atoms with Crippen molar-refractivity contribution in [1.82, 2.24) is 24.7 Å². The first kappa shape index (κ1) is 27.8. The lowest BCUT2D eigenvalue weighted by molar-refractivity contribution is -0.191. The average Bonchev–Trinajstić information content (AvgIpc) is 3.61. The van der Waals surface area contributed by atoms with Crippen molar-refractivity contribution in [2.75, 3.05) is 13.7 Å². The number of hydrogen-bond acceptors (Lipinski definition) is 9. The molecule has 0 aliphatic carbocycles. The number of hydrogen-bond donors (Lipinski definition) is 1. The maximum atomic E-state index is 11.7. The molecule has 210 valence electrons. The predicted molar refractivity (Wildman–Crippen MR) is 153 cm³/mol. The van der Waals surface area contributed by atoms with Gasteiger partial charge in [-0.2, -0.15) is 14.6 Å². The van der Waals surface area contributed by atoms with Gasteiger partial charge >= 0.3 is 11.9 Å². The van der Waals surface area contributed by atoms with Gasteiger partial charge in [-0.25, -0.2) is 9.78 Å². The van der Waals surface area contributed by atoms with Crippen molar-refractivity contribution in [3.05, 3.63) is 101 Å². The molecule has 3 aromatic carbocycles. The molecule has 0 atom stereocenters. The van der Waals surface area contributed by atoms with Gasteiger partial charge in [0.05, 0.1) is 31.3 Å². The number of pyridine rings is 1. The van der Waals surface area contributed by atoms with Crippen LogP contribution in [-0.2, 0) is 16.1 Å². The molecule has 0 aliphatic rings. The lowest BCUT2D eigenvalue weighted by atomic mass is 9.94. The van der Waals surface area contributed by atoms with Crippen LogP contribution in [0.15, 0.2) is 94.4 Å². The largest absolute Gasteiger partial charge is 0.481 e. The van der Waals surface area contributed by atoms with Crippen LogP contribution in [0.3, 0.4) is 0 Å². The molecule has 0 saturated heterocycles. The lowest BCUT2D eigenvalue weighted by Gasteiger charge is -2.13. The Morgan fingerprint density at radius 1 is 0.929 bits per heavy atom. The number of para-hydroxylation sites is 2. The van der Waals surface area contributed by atoms with Crippen LogP contribution in [0.4, 0.5) is 0 Å². The summed E-state index contributed by atoms with van der Waals surface area (Å²) in [5.41, 5.74) is 7.32. The van der Waals surface area contributed by atoms with Crippen molar-refractivity contribution in [3.63, 3.8) is 0 Å². The standard InChI is InChI=1S/C30H25N5O4.CO2/c1-3-38-29-32-25-8-4-5-9-26(25)35(29)18-19-10-12-20(13-11-19)24-17-21(22-7-6-16-31-28(22)37-2)14-15-23(24)27-33-30(36)39-34-27;2-1-3/h4-17H,3,18H2,1-2H3,(H,33,34,36);. The summed E-state index contributed by atoms with van der Waals surface area (Å²) < 4.78 is 18.2. The van der Waals surface area contributed by atoms with E-state index in [9.17, 15) is 4.79 Å². The summed E-state index contributed by atoms with van der Waals surface area (Å²) in [6, 6.07) is 26.6. The molecule has 0 bridgehead atoms. The van der Waals surface area contributed by atoms with Crippen LogP contribution >= 0.6 is 0 Å². The van der Waals surface area contributed by atoms with Crippen LogP contribution in [0.2, 0.25) is 0 Å². The van der Waals surface area contributed by atoms with E-state index in [-0.39, 0.29) is 6.15 Å². The molecule has 42 heavy (non-hydrogen) atoms. The number of imidazole rings is 1. The van der Waals surface area contributed by atoms with Gasteiger partial charge in [-0.15, -0.1) is 0 Å². The molecular formula is C31H25N5O6. The van der Waals surface area contributed by atoms with E-state index in [0.29, 0.717) is 30.9 Å². The van der Waals surface area contributed by atoms with Gasteiger partial charge in [0, 0.05) is 17.3 Å². The highest BCUT2D eigenvalue weighted by atomic mass is 16.5. The Kier molecular flexibility index (Phi) is 8.32. The van der Waals surface area contributed by atoms with Gasteiger partial charge in [-0.05, 0) is 65.6 Å². The molecule has 1 N–H and O–H groups in total. The zero-order valence-electron chi connectivity index (χ0n) is 22.7. The molecule has 0 radical (unpaired) electrons. The number of nitrogens with one attached hydrogen (secondary N) is 1. The molecule has 6 aromatic rings. The first-order valence-electron chi connectivity index (χ1n) is 12.9. The monoisotopic (exact) mass is 563 g/mol. The van der Waals surface area contributed by atoms with Gasteiger partial charge in [0.2, 0.25) is 5.88 Å². The third-order valence-corrected chi connectivity index (χ3v) is 6.49. The molecule has 11 heteroatoms. The highest BCUT2D eigenvalue weighted by molar-refractivity contribution is 5.85. The SMILES string of the molecule is CCOc1nc2ccccc2n1Cc1ccc(-c2cc(-c3cccnc3OC)ccc2-c2noc(=O)[nH]2)cc1.O=C=O. The minimum absolute atomic E-state index is 0.250. The fourth-order valence-corrected chi connectivity index (χ4v) is 4.69. The number of H-pyrrole nitrogens is 1. The molecule has 0 saturated carbocycles. The number of ether oxygens (including phenoxy) is 2. The van der Waals surface area contributed by atoms with Crippen molar-refractivity contribution in [1.29, 1.82) is 0 Å². The van der Waals surface area contributed by atoms with Crippen LogP contribution in [0.25, 0.3) is 44.7 Å². The fraction of sp³-hybridized carbons (Fsp3) is 0.129. The number of rotatable bonds is 8. The van der Waals surface area contributed by atoms with E-state index in [1.54, 1.807) is 13.3 Å². The number of aromatic amines is 1. The van der Waals surface area contributed by atoms with Crippen LogP contribution in [-0.4, -0.2) is 44.5 Å². The number of methoxy groups -OCH3 is 1. The van der Waals surface area contributed by atoms with Crippen LogP contribution < -0.4 is 15.2 Å².